The molecule has 260 valence electrons. The van der Waals surface area contributed by atoms with E-state index in [1.807, 2.05) is 11.3 Å². The van der Waals surface area contributed by atoms with E-state index in [1.54, 1.807) is 0 Å². The summed E-state index contributed by atoms with van der Waals surface area (Å²) in [6, 6.07) is 70.9. The predicted octanol–water partition coefficient (Wildman–Crippen LogP) is 13.9. The van der Waals surface area contributed by atoms with E-state index < -0.39 is 5.41 Å². The number of nitrogens with zero attached hydrogens (tertiary/aromatic N) is 2. The van der Waals surface area contributed by atoms with Crippen molar-refractivity contribution in [2.75, 3.05) is 0 Å². The second-order valence-electron chi connectivity index (χ2n) is 14.8. The Morgan fingerprint density at radius 3 is 1.50 bits per heavy atom. The van der Waals surface area contributed by atoms with Crippen LogP contribution in [0.25, 0.3) is 87.5 Å². The molecule has 2 aliphatic rings. The van der Waals surface area contributed by atoms with Gasteiger partial charge in [0.05, 0.1) is 16.8 Å². The highest BCUT2D eigenvalue weighted by Crippen LogP contribution is 2.62. The van der Waals surface area contributed by atoms with Crippen molar-refractivity contribution in [1.82, 2.24) is 9.97 Å². The van der Waals surface area contributed by atoms with Crippen molar-refractivity contribution in [3.63, 3.8) is 0 Å². The van der Waals surface area contributed by atoms with Gasteiger partial charge in [0.2, 0.25) is 0 Å². The molecule has 3 heteroatoms. The fourth-order valence-corrected chi connectivity index (χ4v) is 10.7. The van der Waals surface area contributed by atoms with E-state index in [0.717, 1.165) is 28.1 Å². The minimum atomic E-state index is -0.615. The van der Waals surface area contributed by atoms with Crippen LogP contribution in [0.15, 0.2) is 194 Å². The van der Waals surface area contributed by atoms with Gasteiger partial charge in [0.25, 0.3) is 0 Å². The lowest BCUT2D eigenvalue weighted by Gasteiger charge is -2.35. The van der Waals surface area contributed by atoms with Gasteiger partial charge in [-0.3, -0.25) is 0 Å². The first kappa shape index (κ1) is 31.4. The SMILES string of the molecule is c1ccc(-c2cc(-c3ccccc3)nc(-c3ccc4c(c3)C3(c5ccccc5-c5ccccc5-4)c4ccccc4-c4cc5c(cc43)sc3ccccc35)n2)cc1. The molecule has 0 saturated carbocycles. The Hall–Kier alpha value is -6.94. The van der Waals surface area contributed by atoms with Gasteiger partial charge in [-0.25, -0.2) is 9.97 Å². The molecule has 10 aromatic rings. The average molecular weight is 729 g/mol. The van der Waals surface area contributed by atoms with Gasteiger partial charge in [0, 0.05) is 36.9 Å². The zero-order chi connectivity index (χ0) is 36.8. The normalized spacial score (nSPS) is 14.9. The van der Waals surface area contributed by atoms with Gasteiger partial charge in [0.1, 0.15) is 0 Å². The summed E-state index contributed by atoms with van der Waals surface area (Å²) in [5.74, 6) is 0.709. The summed E-state index contributed by atoms with van der Waals surface area (Å²) in [6.07, 6.45) is 0. The number of benzene rings is 8. The molecule has 1 unspecified atom stereocenters. The summed E-state index contributed by atoms with van der Waals surface area (Å²) < 4.78 is 2.62. The number of aromatic nitrogens is 2. The lowest BCUT2D eigenvalue weighted by Crippen LogP contribution is -2.29. The minimum absolute atomic E-state index is 0.615. The summed E-state index contributed by atoms with van der Waals surface area (Å²) >= 11 is 1.89. The molecule has 0 aliphatic heterocycles. The van der Waals surface area contributed by atoms with Crippen molar-refractivity contribution in [3.05, 3.63) is 216 Å². The van der Waals surface area contributed by atoms with E-state index in [-0.39, 0.29) is 0 Å². The van der Waals surface area contributed by atoms with Crippen LogP contribution >= 0.6 is 11.3 Å². The van der Waals surface area contributed by atoms with Crippen LogP contribution < -0.4 is 0 Å². The van der Waals surface area contributed by atoms with Gasteiger partial charge in [-0.15, -0.1) is 11.3 Å². The Bertz CT molecular complexity index is 3140. The van der Waals surface area contributed by atoms with Crippen LogP contribution in [0.2, 0.25) is 0 Å². The zero-order valence-corrected chi connectivity index (χ0v) is 31.1. The molecular weight excluding hydrogens is 697 g/mol. The number of hydrogen-bond donors (Lipinski definition) is 0. The number of fused-ring (bicyclic) bond motifs is 15. The standard InChI is InChI=1S/C53H32N2S/c1-3-15-33(16-4-1)48-32-49(34-17-5-2-6-18-34)55-52(54-48)35-27-28-40-37-20-8-7-19-36(37)38-21-9-12-24-44(38)53(46(40)29-35)45-25-13-10-22-39(45)42-30-43-41-23-11-14-26-50(41)56-51(43)31-47(42)53/h1-32H. The third-order valence-corrected chi connectivity index (χ3v) is 13.1. The Morgan fingerprint density at radius 2 is 0.839 bits per heavy atom. The van der Waals surface area contributed by atoms with Crippen LogP contribution in [0.1, 0.15) is 22.3 Å². The van der Waals surface area contributed by atoms with E-state index in [9.17, 15) is 0 Å². The highest BCUT2D eigenvalue weighted by molar-refractivity contribution is 7.25. The van der Waals surface area contributed by atoms with Crippen molar-refractivity contribution in [2.45, 2.75) is 5.41 Å². The van der Waals surface area contributed by atoms with Crippen LogP contribution in [0.3, 0.4) is 0 Å². The third-order valence-electron chi connectivity index (χ3n) is 11.9. The van der Waals surface area contributed by atoms with Crippen molar-refractivity contribution in [3.8, 4) is 67.3 Å². The smallest absolute Gasteiger partial charge is 0.160 e. The van der Waals surface area contributed by atoms with Gasteiger partial charge < -0.3 is 0 Å². The molecule has 8 aromatic carbocycles. The Balaban J connectivity index is 1.21. The van der Waals surface area contributed by atoms with Crippen LogP contribution in [0, 0.1) is 0 Å². The monoisotopic (exact) mass is 728 g/mol. The highest BCUT2D eigenvalue weighted by Gasteiger charge is 2.50. The third kappa shape index (κ3) is 4.43. The van der Waals surface area contributed by atoms with Gasteiger partial charge in [-0.05, 0) is 86.0 Å². The zero-order valence-electron chi connectivity index (χ0n) is 30.3. The first-order valence-electron chi connectivity index (χ1n) is 19.2. The molecule has 12 rings (SSSR count). The molecule has 2 nitrogen and oxygen atoms in total. The fourth-order valence-electron chi connectivity index (χ4n) is 9.54. The number of thiophene rings is 1. The minimum Gasteiger partial charge on any atom is -0.228 e. The molecule has 2 aliphatic carbocycles. The number of hydrogen-bond acceptors (Lipinski definition) is 3. The topological polar surface area (TPSA) is 25.8 Å². The maximum atomic E-state index is 5.32. The molecule has 1 atom stereocenters. The Morgan fingerprint density at radius 1 is 0.321 bits per heavy atom. The fraction of sp³-hybridized carbons (Fsp3) is 0.0189. The molecule has 0 saturated heterocycles. The van der Waals surface area contributed by atoms with Crippen LogP contribution in [0.5, 0.6) is 0 Å². The molecule has 0 N–H and O–H groups in total. The van der Waals surface area contributed by atoms with Crippen molar-refractivity contribution in [2.24, 2.45) is 0 Å². The quantitative estimate of drug-likeness (QED) is 0.181. The van der Waals surface area contributed by atoms with E-state index >= 15 is 0 Å². The molecule has 1 spiro atoms. The van der Waals surface area contributed by atoms with E-state index in [4.69, 9.17) is 9.97 Å². The maximum Gasteiger partial charge on any atom is 0.160 e. The predicted molar refractivity (Wildman–Crippen MR) is 233 cm³/mol. The van der Waals surface area contributed by atoms with Gasteiger partial charge in [-0.1, -0.05) is 164 Å². The first-order chi connectivity index (χ1) is 27.8. The summed E-state index contributed by atoms with van der Waals surface area (Å²) in [7, 11) is 0. The van der Waals surface area contributed by atoms with Crippen LogP contribution in [-0.4, -0.2) is 9.97 Å². The van der Waals surface area contributed by atoms with Gasteiger partial charge >= 0.3 is 0 Å². The second kappa shape index (κ2) is 12.0. The molecule has 2 heterocycles. The van der Waals surface area contributed by atoms with Crippen LogP contribution in [0.4, 0.5) is 0 Å². The Kier molecular flexibility index (Phi) is 6.75. The largest absolute Gasteiger partial charge is 0.228 e. The molecule has 56 heavy (non-hydrogen) atoms. The maximum absolute atomic E-state index is 5.32. The van der Waals surface area contributed by atoms with Gasteiger partial charge in [-0.2, -0.15) is 0 Å². The summed E-state index contributed by atoms with van der Waals surface area (Å²) in [5.41, 5.74) is 17.0. The first-order valence-corrected chi connectivity index (χ1v) is 20.0. The van der Waals surface area contributed by atoms with Crippen LogP contribution in [-0.2, 0) is 5.41 Å². The lowest BCUT2D eigenvalue weighted by molar-refractivity contribution is 0.777. The summed E-state index contributed by atoms with van der Waals surface area (Å²) in [4.78, 5) is 10.6. The molecular formula is C53H32N2S. The van der Waals surface area contributed by atoms with E-state index in [2.05, 4.69) is 194 Å². The van der Waals surface area contributed by atoms with Crippen molar-refractivity contribution in [1.29, 1.82) is 0 Å². The van der Waals surface area contributed by atoms with Crippen molar-refractivity contribution < 1.29 is 0 Å². The molecule has 0 bridgehead atoms. The van der Waals surface area contributed by atoms with Gasteiger partial charge in [0.15, 0.2) is 5.82 Å². The highest BCUT2D eigenvalue weighted by atomic mass is 32.1. The second-order valence-corrected chi connectivity index (χ2v) is 15.9. The van der Waals surface area contributed by atoms with E-state index in [1.165, 1.54) is 75.8 Å². The average Bonchev–Trinajstić information content (AvgIpc) is 3.75. The van der Waals surface area contributed by atoms with Crippen molar-refractivity contribution >= 4 is 31.5 Å². The molecule has 2 aromatic heterocycles. The molecule has 0 radical (unpaired) electrons. The number of rotatable bonds is 3. The van der Waals surface area contributed by atoms with E-state index in [0.29, 0.717) is 5.82 Å². The molecule has 0 fully saturated rings. The lowest BCUT2D eigenvalue weighted by atomic mass is 9.65. The summed E-state index contributed by atoms with van der Waals surface area (Å²) in [5, 5.41) is 2.63. The molecule has 0 amide bonds. The Labute approximate surface area is 329 Å². The summed E-state index contributed by atoms with van der Waals surface area (Å²) in [6.45, 7) is 0.